The predicted molar refractivity (Wildman–Crippen MR) is 59.9 cm³/mol. The summed E-state index contributed by atoms with van der Waals surface area (Å²) in [4.78, 5) is 10.9. The van der Waals surface area contributed by atoms with Gasteiger partial charge < -0.3 is 9.84 Å². The number of carbonyl (C=O) groups is 1. The summed E-state index contributed by atoms with van der Waals surface area (Å²) in [5.74, 6) is -0.381. The highest BCUT2D eigenvalue weighted by Gasteiger charge is 2.09. The Balaban J connectivity index is 2.36. The van der Waals surface area contributed by atoms with Gasteiger partial charge in [0.2, 0.25) is 0 Å². The molecular formula is C11H13N3O3. The Kier molecular flexibility index (Phi) is 3.06. The molecule has 0 unspecified atom stereocenters. The first-order valence-electron chi connectivity index (χ1n) is 5.26. The summed E-state index contributed by atoms with van der Waals surface area (Å²) in [6.07, 6.45) is 1.58. The molecule has 2 heterocycles. The number of carboxylic acids is 1. The zero-order valence-corrected chi connectivity index (χ0v) is 9.62. The van der Waals surface area contributed by atoms with Crippen LogP contribution in [-0.4, -0.2) is 31.8 Å². The van der Waals surface area contributed by atoms with Crippen LogP contribution in [0, 0.1) is 0 Å². The minimum atomic E-state index is -0.976. The fraction of sp³-hybridized carbons (Fsp3) is 0.364. The Labute approximate surface area is 97.9 Å². The molecule has 0 atom stereocenters. The van der Waals surface area contributed by atoms with Gasteiger partial charge in [-0.2, -0.15) is 0 Å². The van der Waals surface area contributed by atoms with Crippen LogP contribution >= 0.6 is 0 Å². The largest absolute Gasteiger partial charge is 0.478 e. The Morgan fingerprint density at radius 3 is 2.88 bits per heavy atom. The van der Waals surface area contributed by atoms with Gasteiger partial charge in [0.15, 0.2) is 11.5 Å². The highest BCUT2D eigenvalue weighted by Crippen LogP contribution is 2.08. The van der Waals surface area contributed by atoms with Gasteiger partial charge in [0.25, 0.3) is 0 Å². The SMILES string of the molecule is CC(C)OCc1nnc2ccc(C(=O)O)cn12. The van der Waals surface area contributed by atoms with Gasteiger partial charge in [0.05, 0.1) is 11.7 Å². The Bertz CT molecular complexity index is 548. The van der Waals surface area contributed by atoms with E-state index in [1.165, 1.54) is 12.3 Å². The van der Waals surface area contributed by atoms with E-state index in [4.69, 9.17) is 9.84 Å². The number of pyridine rings is 1. The third-order valence-corrected chi connectivity index (χ3v) is 2.27. The second kappa shape index (κ2) is 4.50. The van der Waals surface area contributed by atoms with Gasteiger partial charge >= 0.3 is 5.97 Å². The van der Waals surface area contributed by atoms with Crippen LogP contribution in [0.1, 0.15) is 30.0 Å². The molecule has 2 aromatic rings. The first kappa shape index (κ1) is 11.5. The van der Waals surface area contributed by atoms with Crippen molar-refractivity contribution in [2.45, 2.75) is 26.6 Å². The quantitative estimate of drug-likeness (QED) is 0.865. The van der Waals surface area contributed by atoms with Gasteiger partial charge in [0, 0.05) is 6.20 Å². The summed E-state index contributed by atoms with van der Waals surface area (Å²) in [5, 5.41) is 16.8. The van der Waals surface area contributed by atoms with Gasteiger partial charge in [-0.3, -0.25) is 4.40 Å². The number of carboxylic acid groups (broad SMARTS) is 1. The summed E-state index contributed by atoms with van der Waals surface area (Å²) >= 11 is 0. The number of ether oxygens (including phenoxy) is 1. The molecule has 0 radical (unpaired) electrons. The van der Waals surface area contributed by atoms with Gasteiger partial charge in [-0.05, 0) is 26.0 Å². The van der Waals surface area contributed by atoms with Crippen molar-refractivity contribution >= 4 is 11.6 Å². The molecule has 6 heteroatoms. The van der Waals surface area contributed by atoms with Gasteiger partial charge in [-0.25, -0.2) is 4.79 Å². The van der Waals surface area contributed by atoms with Gasteiger partial charge in [-0.1, -0.05) is 0 Å². The van der Waals surface area contributed by atoms with Gasteiger partial charge in [0.1, 0.15) is 6.61 Å². The summed E-state index contributed by atoms with van der Waals surface area (Å²) in [5.41, 5.74) is 0.806. The standard InChI is InChI=1S/C11H13N3O3/c1-7(2)17-6-10-13-12-9-4-3-8(11(15)16)5-14(9)10/h3-5,7H,6H2,1-2H3,(H,15,16). The maximum atomic E-state index is 10.9. The van der Waals surface area contributed by atoms with Crippen LogP contribution in [0.3, 0.4) is 0 Å². The average molecular weight is 235 g/mol. The van der Waals surface area contributed by atoms with Crippen LogP contribution in [0.4, 0.5) is 0 Å². The molecule has 0 aliphatic heterocycles. The maximum Gasteiger partial charge on any atom is 0.337 e. The highest BCUT2D eigenvalue weighted by atomic mass is 16.5. The number of aromatic carboxylic acids is 1. The molecule has 0 amide bonds. The van der Waals surface area contributed by atoms with E-state index in [9.17, 15) is 4.79 Å². The van der Waals surface area contributed by atoms with E-state index in [-0.39, 0.29) is 11.7 Å². The minimum Gasteiger partial charge on any atom is -0.478 e. The number of hydrogen-bond donors (Lipinski definition) is 1. The summed E-state index contributed by atoms with van der Waals surface area (Å²) < 4.78 is 7.05. The fourth-order valence-electron chi connectivity index (χ4n) is 1.40. The first-order valence-corrected chi connectivity index (χ1v) is 5.26. The topological polar surface area (TPSA) is 76.7 Å². The zero-order chi connectivity index (χ0) is 12.4. The number of aromatic nitrogens is 3. The monoisotopic (exact) mass is 235 g/mol. The lowest BCUT2D eigenvalue weighted by Crippen LogP contribution is -2.06. The molecule has 0 saturated heterocycles. The van der Waals surface area contributed by atoms with E-state index in [1.807, 2.05) is 13.8 Å². The van der Waals surface area contributed by atoms with Crippen LogP contribution in [0.25, 0.3) is 5.65 Å². The second-order valence-electron chi connectivity index (χ2n) is 3.93. The summed E-state index contributed by atoms with van der Waals surface area (Å²) in [6, 6.07) is 3.12. The number of nitrogens with zero attached hydrogens (tertiary/aromatic N) is 3. The summed E-state index contributed by atoms with van der Waals surface area (Å²) in [7, 11) is 0. The molecule has 17 heavy (non-hydrogen) atoms. The number of rotatable bonds is 4. The normalized spacial score (nSPS) is 11.2. The molecule has 0 saturated carbocycles. The molecule has 90 valence electrons. The van der Waals surface area contributed by atoms with E-state index in [1.54, 1.807) is 10.5 Å². The van der Waals surface area contributed by atoms with Gasteiger partial charge in [-0.15, -0.1) is 10.2 Å². The highest BCUT2D eigenvalue weighted by molar-refractivity contribution is 5.87. The van der Waals surface area contributed by atoms with E-state index < -0.39 is 5.97 Å². The van der Waals surface area contributed by atoms with E-state index in [0.717, 1.165) is 0 Å². The first-order chi connectivity index (χ1) is 8.08. The lowest BCUT2D eigenvalue weighted by Gasteiger charge is -2.06. The van der Waals surface area contributed by atoms with Crippen molar-refractivity contribution in [3.05, 3.63) is 29.7 Å². The molecule has 0 fully saturated rings. The van der Waals surface area contributed by atoms with Crippen molar-refractivity contribution in [1.82, 2.24) is 14.6 Å². The smallest absolute Gasteiger partial charge is 0.337 e. The number of hydrogen-bond acceptors (Lipinski definition) is 4. The zero-order valence-electron chi connectivity index (χ0n) is 9.62. The van der Waals surface area contributed by atoms with Crippen LogP contribution in [0.2, 0.25) is 0 Å². The molecule has 0 aromatic carbocycles. The maximum absolute atomic E-state index is 10.9. The van der Waals surface area contributed by atoms with Crippen molar-refractivity contribution in [2.75, 3.05) is 0 Å². The van der Waals surface area contributed by atoms with Crippen LogP contribution < -0.4 is 0 Å². The molecule has 2 aromatic heterocycles. The van der Waals surface area contributed by atoms with Crippen molar-refractivity contribution < 1.29 is 14.6 Å². The number of fused-ring (bicyclic) bond motifs is 1. The third-order valence-electron chi connectivity index (χ3n) is 2.27. The molecular weight excluding hydrogens is 222 g/mol. The van der Waals surface area contributed by atoms with Crippen LogP contribution in [0.15, 0.2) is 18.3 Å². The summed E-state index contributed by atoms with van der Waals surface area (Å²) in [6.45, 7) is 4.15. The molecule has 0 aliphatic rings. The van der Waals surface area contributed by atoms with Crippen molar-refractivity contribution in [3.63, 3.8) is 0 Å². The predicted octanol–water partition coefficient (Wildman–Crippen LogP) is 1.35. The van der Waals surface area contributed by atoms with Crippen LogP contribution in [-0.2, 0) is 11.3 Å². The average Bonchev–Trinajstić information content (AvgIpc) is 2.68. The fourth-order valence-corrected chi connectivity index (χ4v) is 1.40. The second-order valence-corrected chi connectivity index (χ2v) is 3.93. The molecule has 6 nitrogen and oxygen atoms in total. The molecule has 0 spiro atoms. The van der Waals surface area contributed by atoms with E-state index in [2.05, 4.69) is 10.2 Å². The molecule has 0 bridgehead atoms. The Hall–Kier alpha value is -1.95. The van der Waals surface area contributed by atoms with E-state index >= 15 is 0 Å². The molecule has 2 rings (SSSR count). The van der Waals surface area contributed by atoms with Crippen LogP contribution in [0.5, 0.6) is 0 Å². The van der Waals surface area contributed by atoms with E-state index in [0.29, 0.717) is 18.1 Å². The molecule has 0 aliphatic carbocycles. The van der Waals surface area contributed by atoms with Crippen molar-refractivity contribution in [3.8, 4) is 0 Å². The molecule has 1 N–H and O–H groups in total. The minimum absolute atomic E-state index is 0.0880. The van der Waals surface area contributed by atoms with Crippen molar-refractivity contribution in [1.29, 1.82) is 0 Å². The lowest BCUT2D eigenvalue weighted by atomic mass is 10.3. The third kappa shape index (κ3) is 2.42. The Morgan fingerprint density at radius 2 is 2.24 bits per heavy atom. The van der Waals surface area contributed by atoms with Crippen molar-refractivity contribution in [2.24, 2.45) is 0 Å². The lowest BCUT2D eigenvalue weighted by molar-refractivity contribution is 0.0606. The Morgan fingerprint density at radius 1 is 1.47 bits per heavy atom.